The largest absolute Gasteiger partial charge is 1.00 e. The van der Waals surface area contributed by atoms with Gasteiger partial charge in [-0.15, -0.1) is 0 Å². The molecule has 0 N–H and O–H groups in total. The minimum absolute atomic E-state index is 0. The van der Waals surface area contributed by atoms with Crippen molar-refractivity contribution in [3.05, 3.63) is 29.3 Å². The Kier molecular flexibility index (Phi) is 4.92. The molecule has 0 saturated heterocycles. The summed E-state index contributed by atoms with van der Waals surface area (Å²) in [5.74, 6) is 0. The minimum atomic E-state index is -1.93. The quantitative estimate of drug-likeness (QED) is 0.610. The van der Waals surface area contributed by atoms with E-state index in [0.717, 1.165) is 5.69 Å². The Hall–Kier alpha value is -0.250. The van der Waals surface area contributed by atoms with Crippen LogP contribution in [0.2, 0.25) is 5.02 Å². The third-order valence-electron chi connectivity index (χ3n) is 1.85. The van der Waals surface area contributed by atoms with Crippen LogP contribution in [-0.2, 0) is 9.73 Å². The smallest absolute Gasteiger partial charge is 0.214 e. The van der Waals surface area contributed by atoms with Crippen LogP contribution in [-0.4, -0.2) is 27.7 Å². The molecule has 5 heteroatoms. The van der Waals surface area contributed by atoms with Crippen molar-refractivity contribution in [1.82, 2.24) is 0 Å². The van der Waals surface area contributed by atoms with E-state index < -0.39 is 9.73 Å². The van der Waals surface area contributed by atoms with Crippen LogP contribution in [0.15, 0.2) is 24.3 Å². The van der Waals surface area contributed by atoms with E-state index in [0.29, 0.717) is 5.02 Å². The van der Waals surface area contributed by atoms with Crippen LogP contribution in [0.1, 0.15) is 0 Å². The summed E-state index contributed by atoms with van der Waals surface area (Å²) in [6, 6.07) is 7.29. The van der Waals surface area contributed by atoms with E-state index in [1.165, 1.54) is 0 Å². The fourth-order valence-corrected chi connectivity index (χ4v) is 1.66. The van der Waals surface area contributed by atoms with Crippen molar-refractivity contribution in [3.8, 4) is 0 Å². The van der Waals surface area contributed by atoms with Crippen molar-refractivity contribution >= 4 is 27.0 Å². The summed E-state index contributed by atoms with van der Waals surface area (Å²) in [5, 5.41) is 0.691. The molecule has 0 radical (unpaired) electrons. The van der Waals surface area contributed by atoms with Crippen molar-refractivity contribution in [2.45, 2.75) is 0 Å². The molecule has 0 spiro atoms. The molecular formula is C9H13Cl2NOS. The molecule has 0 aromatic heterocycles. The van der Waals surface area contributed by atoms with Crippen LogP contribution in [0.3, 0.4) is 0 Å². The molecule has 0 aliphatic carbocycles. The number of rotatable bonds is 1. The van der Waals surface area contributed by atoms with Gasteiger partial charge in [-0.1, -0.05) is 11.6 Å². The number of halogens is 2. The Morgan fingerprint density at radius 3 is 2.00 bits per heavy atom. The zero-order valence-electron chi connectivity index (χ0n) is 8.33. The van der Waals surface area contributed by atoms with Crippen LogP contribution < -0.4 is 12.4 Å². The molecule has 1 rings (SSSR count). The van der Waals surface area contributed by atoms with Gasteiger partial charge in [0.15, 0.2) is 9.73 Å². The van der Waals surface area contributed by atoms with Crippen LogP contribution in [0, 0.1) is 0 Å². The number of hydrogen-bond donors (Lipinski definition) is 0. The highest BCUT2D eigenvalue weighted by Crippen LogP contribution is 2.16. The highest BCUT2D eigenvalue weighted by Gasteiger charge is 2.08. The summed E-state index contributed by atoms with van der Waals surface area (Å²) >= 11 is 5.74. The molecule has 14 heavy (non-hydrogen) atoms. The fourth-order valence-electron chi connectivity index (χ4n) is 0.905. The zero-order chi connectivity index (χ0) is 10.1. The molecule has 0 atom stereocenters. The summed E-state index contributed by atoms with van der Waals surface area (Å²) in [4.78, 5) is 0. The maximum atomic E-state index is 11.7. The van der Waals surface area contributed by atoms with E-state index in [-0.39, 0.29) is 12.4 Å². The second-order valence-corrected chi connectivity index (χ2v) is 6.50. The van der Waals surface area contributed by atoms with Gasteiger partial charge in [0.2, 0.25) is 5.69 Å². The van der Waals surface area contributed by atoms with Gasteiger partial charge in [-0.2, -0.15) is 3.95 Å². The first-order valence-corrected chi connectivity index (χ1v) is 6.56. The number of benzene rings is 1. The van der Waals surface area contributed by atoms with Gasteiger partial charge in [0, 0.05) is 17.2 Å². The van der Waals surface area contributed by atoms with Crippen LogP contribution in [0.4, 0.5) is 5.69 Å². The maximum absolute atomic E-state index is 11.7. The summed E-state index contributed by atoms with van der Waals surface area (Å²) in [5.41, 5.74) is 0.916. The van der Waals surface area contributed by atoms with Crippen LogP contribution in [0.25, 0.3) is 0 Å². The lowest BCUT2D eigenvalue weighted by atomic mass is 10.3. The van der Waals surface area contributed by atoms with E-state index in [4.69, 9.17) is 11.6 Å². The summed E-state index contributed by atoms with van der Waals surface area (Å²) in [6.07, 6.45) is 3.42. The van der Waals surface area contributed by atoms with Crippen LogP contribution >= 0.6 is 11.6 Å². The van der Waals surface area contributed by atoms with Gasteiger partial charge in [-0.3, -0.25) is 0 Å². The van der Waals surface area contributed by atoms with Gasteiger partial charge in [-0.05, 0) is 12.1 Å². The Morgan fingerprint density at radius 2 is 1.64 bits per heavy atom. The van der Waals surface area contributed by atoms with E-state index >= 15 is 0 Å². The molecule has 1 aromatic carbocycles. The third kappa shape index (κ3) is 3.48. The van der Waals surface area contributed by atoms with Gasteiger partial charge in [0.25, 0.3) is 0 Å². The lowest BCUT2D eigenvalue weighted by Crippen LogP contribution is -3.00. The van der Waals surface area contributed by atoms with Crippen molar-refractivity contribution in [3.63, 3.8) is 0 Å². The van der Waals surface area contributed by atoms with Gasteiger partial charge in [-0.25, -0.2) is 4.21 Å². The lowest BCUT2D eigenvalue weighted by molar-refractivity contribution is -0.379. The number of nitrogens with zero attached hydrogens (tertiary/aromatic N) is 1. The van der Waals surface area contributed by atoms with Gasteiger partial charge in [0.05, 0.1) is 12.5 Å². The molecule has 0 amide bonds. The fraction of sp³-hybridized carbons (Fsp3) is 0.333. The average molecular weight is 254 g/mol. The SMILES string of the molecule is C[N+](c1ccc(Cl)cc1)=S(C)(C)=O.[Cl-]. The van der Waals surface area contributed by atoms with E-state index in [9.17, 15) is 4.21 Å². The monoisotopic (exact) mass is 253 g/mol. The first kappa shape index (κ1) is 13.8. The molecule has 0 fully saturated rings. The average Bonchev–Trinajstić information content (AvgIpc) is 2.03. The Labute approximate surface area is 96.5 Å². The lowest BCUT2D eigenvalue weighted by Gasteiger charge is -1.99. The summed E-state index contributed by atoms with van der Waals surface area (Å²) in [6.45, 7) is 0. The minimum Gasteiger partial charge on any atom is -1.00 e. The van der Waals surface area contributed by atoms with E-state index in [2.05, 4.69) is 0 Å². The van der Waals surface area contributed by atoms with Gasteiger partial charge >= 0.3 is 0 Å². The second kappa shape index (κ2) is 5.01. The Bertz CT molecular complexity index is 411. The molecule has 0 unspecified atom stereocenters. The first-order chi connectivity index (χ1) is 5.91. The summed E-state index contributed by atoms with van der Waals surface area (Å²) in [7, 11) is -0.117. The number of hydrogen-bond acceptors (Lipinski definition) is 1. The second-order valence-electron chi connectivity index (χ2n) is 3.16. The molecular weight excluding hydrogens is 241 g/mol. The van der Waals surface area contributed by atoms with Crippen molar-refractivity contribution < 1.29 is 20.6 Å². The topological polar surface area (TPSA) is 20.1 Å². The van der Waals surface area contributed by atoms with E-state index in [1.807, 2.05) is 19.2 Å². The summed E-state index contributed by atoms with van der Waals surface area (Å²) < 4.78 is 13.4. The molecule has 0 heterocycles. The maximum Gasteiger partial charge on any atom is 0.214 e. The van der Waals surface area contributed by atoms with Crippen molar-refractivity contribution in [1.29, 1.82) is 0 Å². The standard InChI is InChI=1S/C9H13ClNOS.ClH/c1-11(13(2,3)12)9-6-4-8(10)5-7-9;/h4-7H,1-3H3;1H/q+1;/p-1. The van der Waals surface area contributed by atoms with Crippen molar-refractivity contribution in [2.24, 2.45) is 0 Å². The highest BCUT2D eigenvalue weighted by molar-refractivity contribution is 7.89. The van der Waals surface area contributed by atoms with E-state index in [1.54, 1.807) is 28.6 Å². The molecule has 0 aliphatic rings. The zero-order valence-corrected chi connectivity index (χ0v) is 10.7. The predicted molar refractivity (Wildman–Crippen MR) is 57.3 cm³/mol. The Morgan fingerprint density at radius 1 is 1.21 bits per heavy atom. The van der Waals surface area contributed by atoms with Crippen LogP contribution in [0.5, 0.6) is 0 Å². The van der Waals surface area contributed by atoms with Crippen molar-refractivity contribution in [2.75, 3.05) is 19.6 Å². The normalized spacial score (nSPS) is 10.6. The first-order valence-electron chi connectivity index (χ1n) is 3.85. The molecule has 0 bridgehead atoms. The van der Waals surface area contributed by atoms with Gasteiger partial charge in [0.1, 0.15) is 7.05 Å². The Balaban J connectivity index is 0.00000169. The molecule has 1 aromatic rings. The molecule has 2 nitrogen and oxygen atoms in total. The highest BCUT2D eigenvalue weighted by atomic mass is 35.5. The predicted octanol–water partition coefficient (Wildman–Crippen LogP) is -0.655. The third-order valence-corrected chi connectivity index (χ3v) is 3.63. The molecule has 80 valence electrons. The molecule has 0 saturated carbocycles. The molecule has 0 aliphatic heterocycles. The van der Waals surface area contributed by atoms with Gasteiger partial charge < -0.3 is 12.4 Å².